The summed E-state index contributed by atoms with van der Waals surface area (Å²) in [6.45, 7) is 2.11. The summed E-state index contributed by atoms with van der Waals surface area (Å²) in [5.41, 5.74) is 1.29. The number of nitrogens with zero attached hydrogens (tertiary/aromatic N) is 2. The number of anilines is 1. The molecule has 2 aromatic rings. The second-order valence-corrected chi connectivity index (χ2v) is 5.21. The van der Waals surface area contributed by atoms with E-state index in [0.717, 1.165) is 12.2 Å². The molecule has 0 bridgehead atoms. The summed E-state index contributed by atoms with van der Waals surface area (Å²) in [6, 6.07) is 10.6. The average molecular weight is 327 g/mol. The number of nitrogens with one attached hydrogen (secondary N) is 1. The van der Waals surface area contributed by atoms with Gasteiger partial charge in [0.1, 0.15) is 17.3 Å². The van der Waals surface area contributed by atoms with Gasteiger partial charge in [0.25, 0.3) is 0 Å². The van der Waals surface area contributed by atoms with E-state index >= 15 is 0 Å². The van der Waals surface area contributed by atoms with Crippen molar-refractivity contribution >= 4 is 33.3 Å². The third-order valence-corrected chi connectivity index (χ3v) is 3.78. The molecule has 1 heterocycles. The highest BCUT2D eigenvalue weighted by Crippen LogP contribution is 2.26. The normalized spacial score (nSPS) is 12.2. The van der Waals surface area contributed by atoms with E-state index in [0.29, 0.717) is 9.63 Å². The lowest BCUT2D eigenvalue weighted by atomic mass is 10.1. The highest BCUT2D eigenvalue weighted by atomic mass is 79.9. The maximum Gasteiger partial charge on any atom is 0.148 e. The van der Waals surface area contributed by atoms with Gasteiger partial charge in [0.05, 0.1) is 4.47 Å². The molecule has 18 heavy (non-hydrogen) atoms. The van der Waals surface area contributed by atoms with Gasteiger partial charge >= 0.3 is 0 Å². The first-order valence-corrected chi connectivity index (χ1v) is 6.80. The van der Waals surface area contributed by atoms with Gasteiger partial charge in [-0.25, -0.2) is 9.97 Å². The van der Waals surface area contributed by atoms with Gasteiger partial charge in [-0.05, 0) is 34.8 Å². The summed E-state index contributed by atoms with van der Waals surface area (Å²) in [6.07, 6.45) is 2.37. The number of hydrogen-bond acceptors (Lipinski definition) is 3. The van der Waals surface area contributed by atoms with E-state index in [1.807, 2.05) is 18.2 Å². The molecule has 0 fully saturated rings. The Morgan fingerprint density at radius 3 is 2.72 bits per heavy atom. The summed E-state index contributed by atoms with van der Waals surface area (Å²) in [7, 11) is 0. The number of benzene rings is 1. The van der Waals surface area contributed by atoms with Crippen molar-refractivity contribution in [2.75, 3.05) is 5.32 Å². The van der Waals surface area contributed by atoms with Crippen LogP contribution in [0.5, 0.6) is 0 Å². The Morgan fingerprint density at radius 1 is 1.28 bits per heavy atom. The Morgan fingerprint density at radius 2 is 2.00 bits per heavy atom. The molecule has 3 nitrogen and oxygen atoms in total. The van der Waals surface area contributed by atoms with Crippen molar-refractivity contribution in [1.29, 1.82) is 0 Å². The molecule has 0 saturated heterocycles. The maximum absolute atomic E-state index is 5.92. The van der Waals surface area contributed by atoms with Crippen LogP contribution in [0.3, 0.4) is 0 Å². The Hall–Kier alpha value is -1.13. The quantitative estimate of drug-likeness (QED) is 0.865. The Labute approximate surface area is 120 Å². The maximum atomic E-state index is 5.92. The lowest BCUT2D eigenvalue weighted by molar-refractivity contribution is 0.782. The Bertz CT molecular complexity index is 519. The van der Waals surface area contributed by atoms with E-state index in [1.165, 1.54) is 11.9 Å². The van der Waals surface area contributed by atoms with Gasteiger partial charge < -0.3 is 5.32 Å². The van der Waals surface area contributed by atoms with Gasteiger partial charge in [-0.1, -0.05) is 41.9 Å². The van der Waals surface area contributed by atoms with Crippen LogP contribution < -0.4 is 5.32 Å². The van der Waals surface area contributed by atoms with Crippen molar-refractivity contribution in [1.82, 2.24) is 9.97 Å². The highest BCUT2D eigenvalue weighted by molar-refractivity contribution is 9.10. The van der Waals surface area contributed by atoms with Crippen molar-refractivity contribution in [3.63, 3.8) is 0 Å². The summed E-state index contributed by atoms with van der Waals surface area (Å²) in [5, 5.41) is 3.73. The molecule has 0 aliphatic heterocycles. The molecule has 94 valence electrons. The zero-order chi connectivity index (χ0) is 13.0. The van der Waals surface area contributed by atoms with Gasteiger partial charge in [-0.2, -0.15) is 0 Å². The second kappa shape index (κ2) is 6.16. The van der Waals surface area contributed by atoms with E-state index in [-0.39, 0.29) is 6.04 Å². The van der Waals surface area contributed by atoms with Crippen LogP contribution in [0.1, 0.15) is 12.5 Å². The number of halogens is 2. The van der Waals surface area contributed by atoms with Crippen molar-refractivity contribution in [2.24, 2.45) is 0 Å². The zero-order valence-electron chi connectivity index (χ0n) is 9.90. The topological polar surface area (TPSA) is 37.8 Å². The molecule has 1 N–H and O–H groups in total. The van der Waals surface area contributed by atoms with Gasteiger partial charge in [0, 0.05) is 6.04 Å². The second-order valence-electron chi connectivity index (χ2n) is 4.06. The first-order valence-electron chi connectivity index (χ1n) is 5.63. The lowest BCUT2D eigenvalue weighted by Crippen LogP contribution is -2.19. The molecule has 0 radical (unpaired) electrons. The molecule has 0 aliphatic rings. The number of rotatable bonds is 4. The van der Waals surface area contributed by atoms with Crippen LogP contribution >= 0.6 is 27.5 Å². The number of hydrogen-bond donors (Lipinski definition) is 1. The molecular formula is C13H13BrClN3. The predicted molar refractivity (Wildman–Crippen MR) is 78.0 cm³/mol. The predicted octanol–water partition coefficient (Wildman–Crippen LogP) is 3.94. The van der Waals surface area contributed by atoms with E-state index in [9.17, 15) is 0 Å². The molecule has 0 saturated carbocycles. The molecule has 2 rings (SSSR count). The van der Waals surface area contributed by atoms with E-state index in [4.69, 9.17) is 11.6 Å². The van der Waals surface area contributed by atoms with Gasteiger partial charge in [-0.15, -0.1) is 0 Å². The molecule has 0 aliphatic carbocycles. The monoisotopic (exact) mass is 325 g/mol. The van der Waals surface area contributed by atoms with Crippen LogP contribution in [0.15, 0.2) is 41.1 Å². The smallest absolute Gasteiger partial charge is 0.148 e. The molecular weight excluding hydrogens is 314 g/mol. The summed E-state index contributed by atoms with van der Waals surface area (Å²) < 4.78 is 0.701. The standard InChI is InChI=1S/C13H13BrClN3/c1-9(7-10-5-3-2-4-6-10)18-13-11(14)12(15)16-8-17-13/h2-6,8-9H,7H2,1H3,(H,16,17,18). The third-order valence-electron chi connectivity index (χ3n) is 2.51. The fourth-order valence-electron chi connectivity index (χ4n) is 1.70. The minimum absolute atomic E-state index is 0.259. The molecule has 1 atom stereocenters. The first-order chi connectivity index (χ1) is 8.66. The van der Waals surface area contributed by atoms with Crippen LogP contribution in [-0.2, 0) is 6.42 Å². The minimum Gasteiger partial charge on any atom is -0.366 e. The van der Waals surface area contributed by atoms with Crippen LogP contribution in [-0.4, -0.2) is 16.0 Å². The first kappa shape index (κ1) is 13.3. The molecule has 1 unspecified atom stereocenters. The fraction of sp³-hybridized carbons (Fsp3) is 0.231. The van der Waals surface area contributed by atoms with Crippen LogP contribution in [0.2, 0.25) is 5.15 Å². The summed E-state index contributed by atoms with van der Waals surface area (Å²) in [4.78, 5) is 8.07. The largest absolute Gasteiger partial charge is 0.366 e. The molecule has 0 amide bonds. The fourth-order valence-corrected chi connectivity index (χ4v) is 2.15. The van der Waals surface area contributed by atoms with Crippen LogP contribution in [0, 0.1) is 0 Å². The van der Waals surface area contributed by atoms with Gasteiger partial charge in [-0.3, -0.25) is 0 Å². The molecule has 1 aromatic heterocycles. The van der Waals surface area contributed by atoms with Crippen molar-refractivity contribution in [2.45, 2.75) is 19.4 Å². The van der Waals surface area contributed by atoms with Crippen molar-refractivity contribution < 1.29 is 0 Å². The molecule has 0 spiro atoms. The van der Waals surface area contributed by atoms with Crippen molar-refractivity contribution in [3.05, 3.63) is 51.8 Å². The third kappa shape index (κ3) is 3.43. The summed E-state index contributed by atoms with van der Waals surface area (Å²) in [5.74, 6) is 0.721. The Kier molecular flexibility index (Phi) is 4.55. The van der Waals surface area contributed by atoms with E-state index in [2.05, 4.69) is 50.3 Å². The lowest BCUT2D eigenvalue weighted by Gasteiger charge is -2.15. The van der Waals surface area contributed by atoms with E-state index in [1.54, 1.807) is 0 Å². The Balaban J connectivity index is 2.03. The van der Waals surface area contributed by atoms with Gasteiger partial charge in [0.2, 0.25) is 0 Å². The zero-order valence-corrected chi connectivity index (χ0v) is 12.2. The van der Waals surface area contributed by atoms with Crippen molar-refractivity contribution in [3.8, 4) is 0 Å². The molecule has 5 heteroatoms. The number of aromatic nitrogens is 2. The molecule has 1 aromatic carbocycles. The SMILES string of the molecule is CC(Cc1ccccc1)Nc1ncnc(Cl)c1Br. The van der Waals surface area contributed by atoms with Crippen LogP contribution in [0.25, 0.3) is 0 Å². The summed E-state index contributed by atoms with van der Waals surface area (Å²) >= 11 is 9.29. The average Bonchev–Trinajstić information content (AvgIpc) is 2.36. The van der Waals surface area contributed by atoms with E-state index < -0.39 is 0 Å². The van der Waals surface area contributed by atoms with Crippen LogP contribution in [0.4, 0.5) is 5.82 Å². The minimum atomic E-state index is 0.259. The van der Waals surface area contributed by atoms with Gasteiger partial charge in [0.15, 0.2) is 0 Å². The highest BCUT2D eigenvalue weighted by Gasteiger charge is 2.10.